The van der Waals surface area contributed by atoms with E-state index in [0.29, 0.717) is 29.4 Å². The molecule has 1 unspecified atom stereocenters. The van der Waals surface area contributed by atoms with Crippen molar-refractivity contribution in [1.82, 2.24) is 24.4 Å². The molecular formula is C37H42N8O3. The van der Waals surface area contributed by atoms with Crippen LogP contribution in [0.25, 0.3) is 11.3 Å². The van der Waals surface area contributed by atoms with Gasteiger partial charge in [0.2, 0.25) is 5.91 Å². The van der Waals surface area contributed by atoms with Gasteiger partial charge in [-0.25, -0.2) is 9.97 Å². The lowest BCUT2D eigenvalue weighted by Crippen LogP contribution is -2.41. The Hall–Kier alpha value is -5.03. The van der Waals surface area contributed by atoms with Gasteiger partial charge in [-0.05, 0) is 92.0 Å². The second-order valence-corrected chi connectivity index (χ2v) is 14.0. The molecule has 3 aromatic heterocycles. The Morgan fingerprint density at radius 1 is 1.15 bits per heavy atom. The Bertz CT molecular complexity index is 2020. The smallest absolute Gasteiger partial charge is 0.293 e. The van der Waals surface area contributed by atoms with Crippen molar-refractivity contribution in [2.45, 2.75) is 58.9 Å². The summed E-state index contributed by atoms with van der Waals surface area (Å²) in [7, 11) is 1.69. The van der Waals surface area contributed by atoms with Gasteiger partial charge in [-0.3, -0.25) is 19.3 Å². The van der Waals surface area contributed by atoms with Crippen LogP contribution in [0, 0.1) is 12.3 Å². The number of carbonyl (C=O) groups is 2. The minimum absolute atomic E-state index is 0.0520. The summed E-state index contributed by atoms with van der Waals surface area (Å²) in [5.41, 5.74) is 7.66. The minimum Gasteiger partial charge on any atom is -0.339 e. The molecule has 11 nitrogen and oxygen atoms in total. The molecule has 5 heterocycles. The van der Waals surface area contributed by atoms with Crippen LogP contribution in [-0.4, -0.2) is 50.6 Å². The van der Waals surface area contributed by atoms with Crippen LogP contribution in [0.15, 0.2) is 60.2 Å². The highest BCUT2D eigenvalue weighted by molar-refractivity contribution is 6.06. The summed E-state index contributed by atoms with van der Waals surface area (Å²) in [4.78, 5) is 50.7. The number of nitrogens with zero attached hydrogens (tertiary/aromatic N) is 5. The van der Waals surface area contributed by atoms with Crippen LogP contribution in [0.1, 0.15) is 65.5 Å². The predicted octanol–water partition coefficient (Wildman–Crippen LogP) is 5.07. The number of hydrogen-bond acceptors (Lipinski definition) is 7. The van der Waals surface area contributed by atoms with E-state index in [2.05, 4.69) is 52.0 Å². The van der Waals surface area contributed by atoms with E-state index in [4.69, 9.17) is 4.98 Å². The first-order valence-electron chi connectivity index (χ1n) is 16.6. The predicted molar refractivity (Wildman–Crippen MR) is 188 cm³/mol. The third-order valence-corrected chi connectivity index (χ3v) is 9.90. The van der Waals surface area contributed by atoms with Gasteiger partial charge in [-0.2, -0.15) is 0 Å². The number of aromatic nitrogens is 4. The normalized spacial score (nSPS) is 18.3. The van der Waals surface area contributed by atoms with E-state index in [1.807, 2.05) is 31.2 Å². The number of aryl methyl sites for hydroxylation is 1. The molecule has 0 saturated carbocycles. The first-order chi connectivity index (χ1) is 23.0. The molecule has 0 bridgehead atoms. The number of piperidine rings is 1. The highest BCUT2D eigenvalue weighted by Gasteiger charge is 2.37. The maximum atomic E-state index is 13.8. The number of hydrogen-bond donors (Lipinski definition) is 3. The number of rotatable bonds is 7. The topological polar surface area (TPSA) is 126 Å². The second kappa shape index (κ2) is 12.2. The van der Waals surface area contributed by atoms with Crippen LogP contribution in [-0.2, 0) is 31.2 Å². The molecule has 248 valence electrons. The molecule has 4 aromatic rings. The largest absolute Gasteiger partial charge is 0.339 e. The summed E-state index contributed by atoms with van der Waals surface area (Å²) in [6.07, 6.45) is 8.66. The number of carbonyl (C=O) groups excluding carboxylic acids is 2. The fourth-order valence-electron chi connectivity index (χ4n) is 7.54. The van der Waals surface area contributed by atoms with Crippen molar-refractivity contribution in [3.05, 3.63) is 93.8 Å². The van der Waals surface area contributed by atoms with Crippen LogP contribution >= 0.6 is 0 Å². The molecule has 2 amide bonds. The summed E-state index contributed by atoms with van der Waals surface area (Å²) < 4.78 is 3.69. The first-order valence-corrected chi connectivity index (χ1v) is 16.6. The number of fused-ring (bicyclic) bond motifs is 3. The fourth-order valence-corrected chi connectivity index (χ4v) is 7.54. The number of benzene rings is 1. The summed E-state index contributed by atoms with van der Waals surface area (Å²) in [5.74, 6) is 0.640. The SMILES string of the molecule is C=CC(=O)Nc1cc(Nc2nc(-c3ccnc(N4CCn5c(cc6c5CC(C)(C)C6)C4=O)c3C)cn(C)c2=O)ccc1C1CCCNC1. The Morgan fingerprint density at radius 3 is 2.75 bits per heavy atom. The van der Waals surface area contributed by atoms with Crippen molar-refractivity contribution in [3.63, 3.8) is 0 Å². The summed E-state index contributed by atoms with van der Waals surface area (Å²) >= 11 is 0. The van der Waals surface area contributed by atoms with Crippen LogP contribution < -0.4 is 26.4 Å². The molecule has 1 saturated heterocycles. The van der Waals surface area contributed by atoms with Gasteiger partial charge in [-0.1, -0.05) is 26.5 Å². The summed E-state index contributed by atoms with van der Waals surface area (Å²) in [6.45, 7) is 13.1. The molecule has 7 rings (SSSR count). The molecule has 1 fully saturated rings. The number of nitrogens with one attached hydrogen (secondary N) is 3. The Morgan fingerprint density at radius 2 is 1.98 bits per heavy atom. The molecule has 11 heteroatoms. The van der Waals surface area contributed by atoms with Crippen molar-refractivity contribution in [1.29, 1.82) is 0 Å². The highest BCUT2D eigenvalue weighted by atomic mass is 16.2. The molecule has 0 spiro atoms. The monoisotopic (exact) mass is 646 g/mol. The maximum Gasteiger partial charge on any atom is 0.293 e. The molecule has 1 aromatic carbocycles. The third-order valence-electron chi connectivity index (χ3n) is 9.90. The number of anilines is 4. The molecule has 0 radical (unpaired) electrons. The third kappa shape index (κ3) is 5.72. The molecule has 1 aliphatic carbocycles. The van der Waals surface area contributed by atoms with E-state index in [9.17, 15) is 14.4 Å². The van der Waals surface area contributed by atoms with Crippen LogP contribution in [0.5, 0.6) is 0 Å². The molecule has 48 heavy (non-hydrogen) atoms. The standard InChI is InChI=1S/C37H42N8O3/c1-6-32(46)41-28-17-25(9-10-27(28)23-8-7-12-38-20-23)40-33-36(48)43(5)21-29(42-33)26-11-13-39-34(22(26)2)45-15-14-44-30(35(45)47)16-24-18-37(3,4)19-31(24)44/h6,9-11,13,16-17,21,23,38H,1,7-8,12,14-15,18-20H2,2-5H3,(H,40,42)(H,41,46). The Kier molecular flexibility index (Phi) is 8.03. The lowest BCUT2D eigenvalue weighted by Gasteiger charge is -2.30. The maximum absolute atomic E-state index is 13.8. The number of amides is 2. The van der Waals surface area contributed by atoms with E-state index >= 15 is 0 Å². The highest BCUT2D eigenvalue weighted by Crippen LogP contribution is 2.40. The van der Waals surface area contributed by atoms with Crippen LogP contribution in [0.2, 0.25) is 0 Å². The van der Waals surface area contributed by atoms with Gasteiger partial charge < -0.3 is 25.1 Å². The van der Waals surface area contributed by atoms with E-state index in [1.165, 1.54) is 21.9 Å². The van der Waals surface area contributed by atoms with Crippen molar-refractivity contribution in [3.8, 4) is 11.3 Å². The van der Waals surface area contributed by atoms with Crippen molar-refractivity contribution < 1.29 is 9.59 Å². The van der Waals surface area contributed by atoms with Gasteiger partial charge in [-0.15, -0.1) is 0 Å². The molecule has 1 atom stereocenters. The van der Waals surface area contributed by atoms with Gasteiger partial charge >= 0.3 is 0 Å². The van der Waals surface area contributed by atoms with Crippen LogP contribution in [0.4, 0.5) is 23.0 Å². The summed E-state index contributed by atoms with van der Waals surface area (Å²) in [5, 5.41) is 9.59. The van der Waals surface area contributed by atoms with Gasteiger partial charge in [0.05, 0.1) is 5.69 Å². The quantitative estimate of drug-likeness (QED) is 0.239. The second-order valence-electron chi connectivity index (χ2n) is 14.0. The van der Waals surface area contributed by atoms with Gasteiger partial charge in [0.25, 0.3) is 11.5 Å². The van der Waals surface area contributed by atoms with Gasteiger partial charge in [0.15, 0.2) is 5.82 Å². The lowest BCUT2D eigenvalue weighted by atomic mass is 9.90. The van der Waals surface area contributed by atoms with E-state index in [-0.39, 0.29) is 34.5 Å². The molecule has 3 aliphatic rings. The van der Waals surface area contributed by atoms with Gasteiger partial charge in [0, 0.05) is 67.3 Å². The van der Waals surface area contributed by atoms with E-state index in [0.717, 1.165) is 67.7 Å². The van der Waals surface area contributed by atoms with Crippen molar-refractivity contribution >= 4 is 34.8 Å². The zero-order valence-corrected chi connectivity index (χ0v) is 28.0. The van der Waals surface area contributed by atoms with Crippen molar-refractivity contribution in [2.24, 2.45) is 12.5 Å². The minimum atomic E-state index is -0.300. The average Bonchev–Trinajstić information content (AvgIpc) is 3.56. The molecule has 3 N–H and O–H groups in total. The zero-order valence-electron chi connectivity index (χ0n) is 28.0. The van der Waals surface area contributed by atoms with E-state index < -0.39 is 0 Å². The Labute approximate surface area is 280 Å². The van der Waals surface area contributed by atoms with Crippen molar-refractivity contribution in [2.75, 3.05) is 35.2 Å². The number of pyridine rings is 1. The van der Waals surface area contributed by atoms with Gasteiger partial charge in [0.1, 0.15) is 11.5 Å². The van der Waals surface area contributed by atoms with E-state index in [1.54, 1.807) is 24.3 Å². The summed E-state index contributed by atoms with van der Waals surface area (Å²) in [6, 6.07) is 9.67. The molecule has 2 aliphatic heterocycles. The zero-order chi connectivity index (χ0) is 33.7. The fraction of sp³-hybridized carbons (Fsp3) is 0.378. The van der Waals surface area contributed by atoms with Crippen LogP contribution in [0.3, 0.4) is 0 Å². The average molecular weight is 647 g/mol. The molecular weight excluding hydrogens is 604 g/mol. The Balaban J connectivity index is 1.19. The lowest BCUT2D eigenvalue weighted by molar-refractivity contribution is -0.111. The first kappa shape index (κ1) is 31.6.